The molecule has 0 spiro atoms. The number of anilines is 1. The zero-order chi connectivity index (χ0) is 18.5. The lowest BCUT2D eigenvalue weighted by Gasteiger charge is -2.19. The first-order valence-electron chi connectivity index (χ1n) is 6.88. The Bertz CT molecular complexity index is 973. The number of nitrogen functional groups attached to an aromatic ring is 1. The predicted octanol–water partition coefficient (Wildman–Crippen LogP) is -1.94. The molecular formula is C11H14BrN5O7S. The summed E-state index contributed by atoms with van der Waals surface area (Å²) in [7, 11) is -3.92. The van der Waals surface area contributed by atoms with Crippen LogP contribution in [0.5, 0.6) is 0 Å². The summed E-state index contributed by atoms with van der Waals surface area (Å²) in [5.41, 5.74) is 4.87. The number of nitrogens with two attached hydrogens (primary N) is 1. The van der Waals surface area contributed by atoms with E-state index >= 15 is 0 Å². The quantitative estimate of drug-likeness (QED) is 0.308. The number of rotatable bonds is 4. The van der Waals surface area contributed by atoms with Gasteiger partial charge in [-0.15, -0.1) is 0 Å². The monoisotopic (exact) mass is 439 g/mol. The van der Waals surface area contributed by atoms with Gasteiger partial charge in [-0.2, -0.15) is 13.4 Å². The van der Waals surface area contributed by atoms with Crippen LogP contribution in [0.3, 0.4) is 0 Å². The summed E-state index contributed by atoms with van der Waals surface area (Å²) in [4.78, 5) is 22.2. The molecule has 2 aromatic heterocycles. The molecule has 14 heteroatoms. The van der Waals surface area contributed by atoms with Gasteiger partial charge in [0.1, 0.15) is 18.3 Å². The summed E-state index contributed by atoms with van der Waals surface area (Å²) in [6, 6.07) is 0. The van der Waals surface area contributed by atoms with Crippen molar-refractivity contribution in [3.63, 3.8) is 0 Å². The van der Waals surface area contributed by atoms with Gasteiger partial charge in [0, 0.05) is 0 Å². The van der Waals surface area contributed by atoms with Crippen LogP contribution in [0.25, 0.3) is 11.2 Å². The Morgan fingerprint density at radius 3 is 2.76 bits per heavy atom. The summed E-state index contributed by atoms with van der Waals surface area (Å²) in [5.74, 6) is -0.179. The van der Waals surface area contributed by atoms with Crippen molar-refractivity contribution in [2.24, 2.45) is 0 Å². The second-order valence-electron chi connectivity index (χ2n) is 5.38. The summed E-state index contributed by atoms with van der Waals surface area (Å²) >= 11 is 3.13. The molecule has 138 valence electrons. The van der Waals surface area contributed by atoms with Crippen LogP contribution in [-0.4, -0.2) is 69.3 Å². The molecule has 0 saturated carbocycles. The average molecular weight is 440 g/mol. The van der Waals surface area contributed by atoms with Crippen molar-refractivity contribution in [3.8, 4) is 0 Å². The number of aromatic nitrogens is 4. The minimum atomic E-state index is -3.92. The van der Waals surface area contributed by atoms with Crippen LogP contribution in [0.4, 0.5) is 5.95 Å². The van der Waals surface area contributed by atoms with Crippen LogP contribution >= 0.6 is 15.9 Å². The fourth-order valence-corrected chi connectivity index (χ4v) is 3.79. The molecule has 1 aliphatic heterocycles. The molecule has 25 heavy (non-hydrogen) atoms. The Balaban J connectivity index is 2.09. The highest BCUT2D eigenvalue weighted by molar-refractivity contribution is 9.10. The first-order chi connectivity index (χ1) is 11.6. The van der Waals surface area contributed by atoms with Gasteiger partial charge in [0.15, 0.2) is 22.1 Å². The van der Waals surface area contributed by atoms with E-state index in [1.54, 1.807) is 0 Å². The summed E-state index contributed by atoms with van der Waals surface area (Å²) in [5, 5.41) is 19.9. The normalized spacial score (nSPS) is 27.2. The zero-order valence-corrected chi connectivity index (χ0v) is 15.1. The highest BCUT2D eigenvalue weighted by Crippen LogP contribution is 2.35. The maximum atomic E-state index is 11.9. The van der Waals surface area contributed by atoms with E-state index in [1.807, 2.05) is 0 Å². The van der Waals surface area contributed by atoms with Gasteiger partial charge in [-0.05, 0) is 15.9 Å². The van der Waals surface area contributed by atoms with E-state index in [2.05, 4.69) is 30.9 Å². The van der Waals surface area contributed by atoms with Gasteiger partial charge < -0.3 is 20.7 Å². The summed E-state index contributed by atoms with van der Waals surface area (Å²) in [6.07, 6.45) is -4.39. The van der Waals surface area contributed by atoms with Crippen molar-refractivity contribution < 1.29 is 27.6 Å². The standard InChI is InChI=1S/C11H14BrN5O7S/c1-25(21,22)24-6-3(2-18)23-9(5(6)19)17-7-4(14-10(17)12)8(20)16-11(13)15-7/h3,5-6,9,18-19H,2H2,1H3,(H3,13,15,16,20)/t3-,5-,6-,9-/m1/s1. The van der Waals surface area contributed by atoms with Crippen LogP contribution in [-0.2, 0) is 19.0 Å². The fourth-order valence-electron chi connectivity index (χ4n) is 2.60. The smallest absolute Gasteiger partial charge is 0.280 e. The molecule has 1 fully saturated rings. The first kappa shape index (κ1) is 18.2. The topological polar surface area (TPSA) is 183 Å². The number of aliphatic hydroxyl groups is 2. The molecule has 1 saturated heterocycles. The molecule has 3 heterocycles. The third-order valence-corrected chi connectivity index (χ3v) is 4.69. The molecule has 1 aliphatic rings. The Morgan fingerprint density at radius 1 is 1.48 bits per heavy atom. The van der Waals surface area contributed by atoms with E-state index in [-0.39, 0.29) is 21.8 Å². The van der Waals surface area contributed by atoms with Crippen LogP contribution < -0.4 is 11.3 Å². The highest BCUT2D eigenvalue weighted by Gasteiger charge is 2.48. The van der Waals surface area contributed by atoms with Gasteiger partial charge in [0.05, 0.1) is 12.9 Å². The van der Waals surface area contributed by atoms with Crippen molar-refractivity contribution in [1.82, 2.24) is 19.5 Å². The third-order valence-electron chi connectivity index (χ3n) is 3.56. The lowest BCUT2D eigenvalue weighted by molar-refractivity contribution is -0.0513. The van der Waals surface area contributed by atoms with Crippen LogP contribution in [0, 0.1) is 0 Å². The molecule has 0 aliphatic carbocycles. The van der Waals surface area contributed by atoms with E-state index in [0.29, 0.717) is 0 Å². The number of H-pyrrole nitrogens is 1. The van der Waals surface area contributed by atoms with Crippen molar-refractivity contribution in [1.29, 1.82) is 0 Å². The molecular weight excluding hydrogens is 426 g/mol. The molecule has 0 aromatic carbocycles. The van der Waals surface area contributed by atoms with Gasteiger partial charge in [-0.25, -0.2) is 4.98 Å². The minimum absolute atomic E-state index is 0.00821. The van der Waals surface area contributed by atoms with E-state index < -0.39 is 46.8 Å². The maximum absolute atomic E-state index is 11.9. The fraction of sp³-hybridized carbons (Fsp3) is 0.545. The number of aliphatic hydroxyl groups excluding tert-OH is 2. The summed E-state index contributed by atoms with van der Waals surface area (Å²) in [6.45, 7) is -0.603. The van der Waals surface area contributed by atoms with Crippen molar-refractivity contribution in [3.05, 3.63) is 15.1 Å². The van der Waals surface area contributed by atoms with Gasteiger partial charge in [-0.1, -0.05) is 0 Å². The maximum Gasteiger partial charge on any atom is 0.280 e. The molecule has 2 aromatic rings. The Kier molecular flexibility index (Phi) is 4.59. The lowest BCUT2D eigenvalue weighted by atomic mass is 10.1. The van der Waals surface area contributed by atoms with Gasteiger partial charge in [0.2, 0.25) is 5.95 Å². The van der Waals surface area contributed by atoms with Crippen LogP contribution in [0.2, 0.25) is 0 Å². The van der Waals surface area contributed by atoms with Crippen molar-refractivity contribution in [2.45, 2.75) is 24.5 Å². The number of nitrogens with zero attached hydrogens (tertiary/aromatic N) is 3. The minimum Gasteiger partial charge on any atom is -0.394 e. The zero-order valence-electron chi connectivity index (χ0n) is 12.7. The Morgan fingerprint density at radius 2 is 2.16 bits per heavy atom. The number of hydrogen-bond donors (Lipinski definition) is 4. The Labute approximate surface area is 148 Å². The van der Waals surface area contributed by atoms with Crippen molar-refractivity contribution in [2.75, 3.05) is 18.6 Å². The van der Waals surface area contributed by atoms with E-state index in [0.717, 1.165) is 6.26 Å². The van der Waals surface area contributed by atoms with Crippen LogP contribution in [0.1, 0.15) is 6.23 Å². The second kappa shape index (κ2) is 6.30. The van der Waals surface area contributed by atoms with E-state index in [1.165, 1.54) is 4.57 Å². The second-order valence-corrected chi connectivity index (χ2v) is 7.69. The highest BCUT2D eigenvalue weighted by atomic mass is 79.9. The third kappa shape index (κ3) is 3.28. The number of aromatic amines is 1. The molecule has 12 nitrogen and oxygen atoms in total. The molecule has 3 rings (SSSR count). The van der Waals surface area contributed by atoms with E-state index in [4.69, 9.17) is 14.7 Å². The average Bonchev–Trinajstić information content (AvgIpc) is 2.96. The largest absolute Gasteiger partial charge is 0.394 e. The number of halogens is 1. The predicted molar refractivity (Wildman–Crippen MR) is 87.0 cm³/mol. The van der Waals surface area contributed by atoms with E-state index in [9.17, 15) is 23.4 Å². The van der Waals surface area contributed by atoms with Gasteiger partial charge in [-0.3, -0.25) is 18.5 Å². The first-order valence-corrected chi connectivity index (χ1v) is 9.49. The van der Waals surface area contributed by atoms with Gasteiger partial charge in [0.25, 0.3) is 15.7 Å². The molecule has 0 radical (unpaired) electrons. The number of nitrogens with one attached hydrogen (secondary N) is 1. The van der Waals surface area contributed by atoms with Crippen molar-refractivity contribution >= 4 is 43.2 Å². The SMILES string of the molecule is CS(=O)(=O)O[C@H]1[C@@H](O)[C@H](n2c(Br)nc3c(=O)[nH]c(N)nc32)O[C@@H]1CO. The molecule has 0 bridgehead atoms. The molecule has 0 amide bonds. The molecule has 5 N–H and O–H groups in total. The number of hydrogen-bond acceptors (Lipinski definition) is 10. The Hall–Kier alpha value is -1.58. The van der Waals surface area contributed by atoms with Crippen LogP contribution in [0.15, 0.2) is 9.53 Å². The number of fused-ring (bicyclic) bond motifs is 1. The summed E-state index contributed by atoms with van der Waals surface area (Å²) < 4.78 is 34.4. The van der Waals surface area contributed by atoms with Gasteiger partial charge >= 0.3 is 0 Å². The lowest BCUT2D eigenvalue weighted by Crippen LogP contribution is -2.37. The number of imidazole rings is 1. The number of ether oxygens (including phenoxy) is 1. The molecule has 0 unspecified atom stereocenters. The molecule has 4 atom stereocenters.